The van der Waals surface area contributed by atoms with E-state index in [2.05, 4.69) is 69.4 Å². The number of pyridine rings is 1. The zero-order valence-electron chi connectivity index (χ0n) is 18.7. The summed E-state index contributed by atoms with van der Waals surface area (Å²) < 4.78 is 5.94. The molecule has 168 valence electrons. The molecular weight excluding hydrogens is 410 g/mol. The maximum absolute atomic E-state index is 11.4. The van der Waals surface area contributed by atoms with E-state index in [1.165, 1.54) is 16.8 Å². The number of nitrogens with zero attached hydrogens (tertiary/aromatic N) is 2. The molecule has 0 radical (unpaired) electrons. The van der Waals surface area contributed by atoms with E-state index in [1.807, 2.05) is 24.3 Å². The molecule has 1 fully saturated rings. The Bertz CT molecular complexity index is 1240. The second-order valence-electron chi connectivity index (χ2n) is 8.52. The molecule has 4 aromatic rings. The maximum Gasteiger partial charge on any atom is 0.248 e. The van der Waals surface area contributed by atoms with Gasteiger partial charge in [-0.25, -0.2) is 0 Å². The molecule has 0 saturated carbocycles. The predicted octanol–water partition coefficient (Wildman–Crippen LogP) is 4.79. The highest BCUT2D eigenvalue weighted by atomic mass is 16.5. The number of fused-ring (bicyclic) bond motifs is 1. The van der Waals surface area contributed by atoms with Gasteiger partial charge < -0.3 is 14.6 Å². The Morgan fingerprint density at radius 2 is 1.55 bits per heavy atom. The lowest BCUT2D eigenvalue weighted by atomic mass is 10.1. The molecule has 2 heterocycles. The summed E-state index contributed by atoms with van der Waals surface area (Å²) in [5.41, 5.74) is 4.57. The fourth-order valence-electron chi connectivity index (χ4n) is 4.43. The molecule has 0 spiro atoms. The highest BCUT2D eigenvalue weighted by Crippen LogP contribution is 2.24. The van der Waals surface area contributed by atoms with E-state index in [0.717, 1.165) is 55.8 Å². The molecule has 0 bridgehead atoms. The smallest absolute Gasteiger partial charge is 0.248 e. The average molecular weight is 440 g/mol. The van der Waals surface area contributed by atoms with Gasteiger partial charge in [-0.3, -0.25) is 9.69 Å². The molecule has 0 aliphatic carbocycles. The Morgan fingerprint density at radius 1 is 0.788 bits per heavy atom. The summed E-state index contributed by atoms with van der Waals surface area (Å²) in [6.45, 7) is 5.98. The van der Waals surface area contributed by atoms with E-state index in [4.69, 9.17) is 4.74 Å². The Balaban J connectivity index is 1.06. The van der Waals surface area contributed by atoms with Crippen LogP contribution in [0.15, 0.2) is 89.7 Å². The Kier molecular flexibility index (Phi) is 6.40. The van der Waals surface area contributed by atoms with Crippen molar-refractivity contribution < 1.29 is 4.74 Å². The Hall–Kier alpha value is -3.57. The molecule has 1 saturated heterocycles. The first-order chi connectivity index (χ1) is 16.2. The number of hydrogen-bond acceptors (Lipinski definition) is 4. The number of ether oxygens (including phenoxy) is 1. The van der Waals surface area contributed by atoms with Crippen LogP contribution in [-0.4, -0.2) is 49.2 Å². The number of aromatic nitrogens is 1. The van der Waals surface area contributed by atoms with Crippen molar-refractivity contribution in [2.24, 2.45) is 0 Å². The van der Waals surface area contributed by atoms with Crippen LogP contribution in [0.3, 0.4) is 0 Å². The first-order valence-electron chi connectivity index (χ1n) is 11.6. The first-order valence-corrected chi connectivity index (χ1v) is 11.6. The van der Waals surface area contributed by atoms with Gasteiger partial charge in [0.25, 0.3) is 0 Å². The summed E-state index contributed by atoms with van der Waals surface area (Å²) >= 11 is 0. The van der Waals surface area contributed by atoms with Gasteiger partial charge in [-0.1, -0.05) is 42.5 Å². The second kappa shape index (κ2) is 9.92. The summed E-state index contributed by atoms with van der Waals surface area (Å²) in [6, 6.07) is 28.6. The molecule has 1 aliphatic rings. The zero-order valence-corrected chi connectivity index (χ0v) is 18.7. The molecule has 33 heavy (non-hydrogen) atoms. The number of rotatable bonds is 7. The van der Waals surface area contributed by atoms with Gasteiger partial charge in [0.05, 0.1) is 6.61 Å². The third kappa shape index (κ3) is 5.26. The third-order valence-corrected chi connectivity index (χ3v) is 6.29. The molecule has 1 aromatic heterocycles. The van der Waals surface area contributed by atoms with Crippen molar-refractivity contribution in [3.63, 3.8) is 0 Å². The summed E-state index contributed by atoms with van der Waals surface area (Å²) in [6.07, 6.45) is 0.995. The molecular formula is C28H29N3O2. The van der Waals surface area contributed by atoms with Crippen LogP contribution in [0.4, 0.5) is 5.69 Å². The monoisotopic (exact) mass is 439 g/mol. The topological polar surface area (TPSA) is 48.6 Å². The highest BCUT2D eigenvalue weighted by molar-refractivity contribution is 5.79. The SMILES string of the molecule is O=c1ccc2cc(OCCCN3CCN(c4ccc(-c5ccccc5)cc4)CC3)ccc2[nH]1. The van der Waals surface area contributed by atoms with Crippen molar-refractivity contribution in [1.82, 2.24) is 9.88 Å². The number of H-pyrrole nitrogens is 1. The normalized spacial score (nSPS) is 14.5. The van der Waals surface area contributed by atoms with Crippen molar-refractivity contribution in [2.45, 2.75) is 6.42 Å². The summed E-state index contributed by atoms with van der Waals surface area (Å²) in [5.74, 6) is 0.846. The van der Waals surface area contributed by atoms with Crippen molar-refractivity contribution in [1.29, 1.82) is 0 Å². The summed E-state index contributed by atoms with van der Waals surface area (Å²) in [4.78, 5) is 19.2. The van der Waals surface area contributed by atoms with E-state index >= 15 is 0 Å². The maximum atomic E-state index is 11.4. The van der Waals surface area contributed by atoms with E-state index < -0.39 is 0 Å². The summed E-state index contributed by atoms with van der Waals surface area (Å²) in [5, 5.41) is 0.986. The van der Waals surface area contributed by atoms with Crippen molar-refractivity contribution in [3.8, 4) is 16.9 Å². The van der Waals surface area contributed by atoms with Crippen LogP contribution in [0.2, 0.25) is 0 Å². The number of piperazine rings is 1. The molecule has 5 rings (SSSR count). The highest BCUT2D eigenvalue weighted by Gasteiger charge is 2.17. The second-order valence-corrected chi connectivity index (χ2v) is 8.52. The molecule has 1 N–H and O–H groups in total. The number of benzene rings is 3. The van der Waals surface area contributed by atoms with E-state index in [-0.39, 0.29) is 5.56 Å². The van der Waals surface area contributed by atoms with E-state index in [9.17, 15) is 4.79 Å². The fraction of sp³-hybridized carbons (Fsp3) is 0.250. The van der Waals surface area contributed by atoms with Crippen LogP contribution >= 0.6 is 0 Å². The lowest BCUT2D eigenvalue weighted by Gasteiger charge is -2.36. The largest absolute Gasteiger partial charge is 0.494 e. The van der Waals surface area contributed by atoms with Gasteiger partial charge in [-0.15, -0.1) is 0 Å². The average Bonchev–Trinajstić information content (AvgIpc) is 2.88. The lowest BCUT2D eigenvalue weighted by molar-refractivity contribution is 0.225. The number of nitrogens with one attached hydrogen (secondary N) is 1. The minimum Gasteiger partial charge on any atom is -0.494 e. The van der Waals surface area contributed by atoms with Crippen LogP contribution < -0.4 is 15.2 Å². The molecule has 3 aromatic carbocycles. The minimum absolute atomic E-state index is 0.0829. The van der Waals surface area contributed by atoms with Gasteiger partial charge in [0.1, 0.15) is 5.75 Å². The number of anilines is 1. The van der Waals surface area contributed by atoms with E-state index in [1.54, 1.807) is 6.07 Å². The van der Waals surface area contributed by atoms with Crippen molar-refractivity contribution in [3.05, 3.63) is 95.3 Å². The third-order valence-electron chi connectivity index (χ3n) is 6.29. The molecule has 0 atom stereocenters. The minimum atomic E-state index is -0.0829. The molecule has 0 unspecified atom stereocenters. The van der Waals surface area contributed by atoms with Gasteiger partial charge in [-0.05, 0) is 53.9 Å². The molecule has 5 nitrogen and oxygen atoms in total. The van der Waals surface area contributed by atoms with Gasteiger partial charge in [-0.2, -0.15) is 0 Å². The summed E-state index contributed by atoms with van der Waals surface area (Å²) in [7, 11) is 0. The number of aromatic amines is 1. The quantitative estimate of drug-likeness (QED) is 0.421. The lowest BCUT2D eigenvalue weighted by Crippen LogP contribution is -2.46. The Labute approximate surface area is 194 Å². The van der Waals surface area contributed by atoms with Crippen molar-refractivity contribution in [2.75, 3.05) is 44.2 Å². The van der Waals surface area contributed by atoms with E-state index in [0.29, 0.717) is 6.61 Å². The molecule has 5 heteroatoms. The standard InChI is InChI=1S/C28H29N3O2/c32-28-14-9-24-21-26(12-13-27(24)29-28)33-20-4-15-30-16-18-31(19-17-30)25-10-7-23(8-11-25)22-5-2-1-3-6-22/h1-3,5-14,21H,4,15-20H2,(H,29,32). The van der Waals surface area contributed by atoms with Gasteiger partial charge >= 0.3 is 0 Å². The van der Waals surface area contributed by atoms with Crippen LogP contribution in [0, 0.1) is 0 Å². The van der Waals surface area contributed by atoms with Gasteiger partial charge in [0.2, 0.25) is 5.56 Å². The van der Waals surface area contributed by atoms with Crippen LogP contribution in [0.5, 0.6) is 5.75 Å². The molecule has 0 amide bonds. The van der Waals surface area contributed by atoms with Crippen LogP contribution in [0.1, 0.15) is 6.42 Å². The van der Waals surface area contributed by atoms with Crippen LogP contribution in [0.25, 0.3) is 22.0 Å². The Morgan fingerprint density at radius 3 is 2.33 bits per heavy atom. The fourth-order valence-corrected chi connectivity index (χ4v) is 4.43. The van der Waals surface area contributed by atoms with Crippen LogP contribution in [-0.2, 0) is 0 Å². The first kappa shape index (κ1) is 21.3. The van der Waals surface area contributed by atoms with Crippen molar-refractivity contribution >= 4 is 16.6 Å². The predicted molar refractivity (Wildman–Crippen MR) is 135 cm³/mol. The zero-order chi connectivity index (χ0) is 22.5. The van der Waals surface area contributed by atoms with Gasteiger partial charge in [0.15, 0.2) is 0 Å². The van der Waals surface area contributed by atoms with Gasteiger partial charge in [0, 0.05) is 55.4 Å². The molecule has 1 aliphatic heterocycles. The number of hydrogen-bond donors (Lipinski definition) is 1.